The first-order valence-electron chi connectivity index (χ1n) is 6.86. The SMILES string of the molecule is CC(C)Oc1ncccc1CNCc1cccnc1C#N. The molecule has 2 aromatic heterocycles. The third-order valence-corrected chi connectivity index (χ3v) is 2.83. The Bertz CT molecular complexity index is 634. The molecule has 0 aromatic carbocycles. The van der Waals surface area contributed by atoms with Crippen molar-refractivity contribution in [1.29, 1.82) is 5.26 Å². The highest BCUT2D eigenvalue weighted by atomic mass is 16.5. The van der Waals surface area contributed by atoms with E-state index in [0.29, 0.717) is 24.7 Å². The summed E-state index contributed by atoms with van der Waals surface area (Å²) in [4.78, 5) is 8.29. The molecule has 0 amide bonds. The van der Waals surface area contributed by atoms with Gasteiger partial charge in [-0.3, -0.25) is 0 Å². The molecule has 5 nitrogen and oxygen atoms in total. The van der Waals surface area contributed by atoms with Gasteiger partial charge in [-0.05, 0) is 26.0 Å². The minimum atomic E-state index is 0.0853. The first kappa shape index (κ1) is 14.9. The van der Waals surface area contributed by atoms with Crippen LogP contribution < -0.4 is 10.1 Å². The van der Waals surface area contributed by atoms with Gasteiger partial charge in [0.15, 0.2) is 0 Å². The van der Waals surface area contributed by atoms with Crippen LogP contribution >= 0.6 is 0 Å². The predicted octanol–water partition coefficient (Wildman–Crippen LogP) is 2.43. The third-order valence-electron chi connectivity index (χ3n) is 2.83. The molecule has 0 saturated carbocycles. The van der Waals surface area contributed by atoms with Crippen LogP contribution in [0, 0.1) is 11.3 Å². The zero-order valence-electron chi connectivity index (χ0n) is 12.2. The Kier molecular flexibility index (Phi) is 5.24. The molecule has 0 bridgehead atoms. The van der Waals surface area contributed by atoms with Gasteiger partial charge in [-0.2, -0.15) is 5.26 Å². The number of nitrogens with one attached hydrogen (secondary N) is 1. The van der Waals surface area contributed by atoms with E-state index >= 15 is 0 Å². The summed E-state index contributed by atoms with van der Waals surface area (Å²) in [6.45, 7) is 5.14. The first-order chi connectivity index (χ1) is 10.2. The van der Waals surface area contributed by atoms with Gasteiger partial charge in [0.2, 0.25) is 5.88 Å². The second-order valence-electron chi connectivity index (χ2n) is 4.86. The van der Waals surface area contributed by atoms with Crippen LogP contribution in [-0.4, -0.2) is 16.1 Å². The standard InChI is InChI=1S/C16H18N4O/c1-12(2)21-16-14(6-4-8-20-16)11-18-10-13-5-3-7-19-15(13)9-17/h3-8,12,18H,10-11H2,1-2H3. The van der Waals surface area contributed by atoms with Crippen LogP contribution in [0.1, 0.15) is 30.7 Å². The van der Waals surface area contributed by atoms with Crippen molar-refractivity contribution in [1.82, 2.24) is 15.3 Å². The van der Waals surface area contributed by atoms with Crippen molar-refractivity contribution in [2.75, 3.05) is 0 Å². The zero-order valence-corrected chi connectivity index (χ0v) is 12.2. The number of nitriles is 1. The second-order valence-corrected chi connectivity index (χ2v) is 4.86. The highest BCUT2D eigenvalue weighted by molar-refractivity contribution is 5.30. The molecule has 0 aliphatic rings. The van der Waals surface area contributed by atoms with Gasteiger partial charge in [0.05, 0.1) is 6.10 Å². The van der Waals surface area contributed by atoms with Gasteiger partial charge < -0.3 is 10.1 Å². The fraction of sp³-hybridized carbons (Fsp3) is 0.312. The van der Waals surface area contributed by atoms with E-state index in [2.05, 4.69) is 21.4 Å². The molecule has 0 atom stereocenters. The minimum Gasteiger partial charge on any atom is -0.475 e. The van der Waals surface area contributed by atoms with Gasteiger partial charge in [-0.15, -0.1) is 0 Å². The number of aromatic nitrogens is 2. The minimum absolute atomic E-state index is 0.0853. The fourth-order valence-electron chi connectivity index (χ4n) is 1.90. The van der Waals surface area contributed by atoms with Crippen molar-refractivity contribution in [3.63, 3.8) is 0 Å². The van der Waals surface area contributed by atoms with E-state index in [1.807, 2.05) is 38.1 Å². The summed E-state index contributed by atoms with van der Waals surface area (Å²) >= 11 is 0. The molecule has 0 fully saturated rings. The molecule has 0 unspecified atom stereocenters. The second kappa shape index (κ2) is 7.36. The van der Waals surface area contributed by atoms with Gasteiger partial charge in [0.1, 0.15) is 11.8 Å². The molecule has 2 aromatic rings. The summed E-state index contributed by atoms with van der Waals surface area (Å²) in [6.07, 6.45) is 3.43. The Labute approximate surface area is 124 Å². The van der Waals surface area contributed by atoms with Gasteiger partial charge in [-0.25, -0.2) is 9.97 Å². The first-order valence-corrected chi connectivity index (χ1v) is 6.86. The molecule has 0 radical (unpaired) electrons. The lowest BCUT2D eigenvalue weighted by Crippen LogP contribution is -2.16. The molecule has 0 saturated heterocycles. The van der Waals surface area contributed by atoms with E-state index in [9.17, 15) is 0 Å². The van der Waals surface area contributed by atoms with Crippen LogP contribution in [0.3, 0.4) is 0 Å². The molecule has 1 N–H and O–H groups in total. The number of hydrogen-bond acceptors (Lipinski definition) is 5. The Morgan fingerprint density at radius 3 is 2.52 bits per heavy atom. The predicted molar refractivity (Wildman–Crippen MR) is 79.5 cm³/mol. The summed E-state index contributed by atoms with van der Waals surface area (Å²) in [5, 5.41) is 12.3. The molecular weight excluding hydrogens is 264 g/mol. The maximum atomic E-state index is 9.01. The number of pyridine rings is 2. The van der Waals surface area contributed by atoms with Crippen molar-refractivity contribution in [3.05, 3.63) is 53.5 Å². The highest BCUT2D eigenvalue weighted by Crippen LogP contribution is 2.15. The van der Waals surface area contributed by atoms with Crippen molar-refractivity contribution in [2.24, 2.45) is 0 Å². The van der Waals surface area contributed by atoms with Crippen molar-refractivity contribution >= 4 is 0 Å². The van der Waals surface area contributed by atoms with Crippen LogP contribution in [0.15, 0.2) is 36.7 Å². The Morgan fingerprint density at radius 1 is 1.14 bits per heavy atom. The molecule has 5 heteroatoms. The summed E-state index contributed by atoms with van der Waals surface area (Å²) in [5.74, 6) is 0.645. The van der Waals surface area contributed by atoms with E-state index in [-0.39, 0.29) is 6.10 Å². The zero-order chi connectivity index (χ0) is 15.1. The summed E-state index contributed by atoms with van der Waals surface area (Å²) in [6, 6.07) is 9.68. The number of ether oxygens (including phenoxy) is 1. The molecular formula is C16H18N4O. The lowest BCUT2D eigenvalue weighted by molar-refractivity contribution is 0.229. The molecule has 0 aliphatic heterocycles. The Hall–Kier alpha value is -2.45. The average molecular weight is 282 g/mol. The highest BCUT2D eigenvalue weighted by Gasteiger charge is 2.07. The normalized spacial score (nSPS) is 10.4. The number of hydrogen-bond donors (Lipinski definition) is 1. The van der Waals surface area contributed by atoms with E-state index in [1.54, 1.807) is 12.4 Å². The van der Waals surface area contributed by atoms with Crippen molar-refractivity contribution in [3.8, 4) is 11.9 Å². The van der Waals surface area contributed by atoms with Gasteiger partial charge in [0, 0.05) is 36.6 Å². The van der Waals surface area contributed by atoms with Gasteiger partial charge in [0.25, 0.3) is 0 Å². The molecule has 0 spiro atoms. The van der Waals surface area contributed by atoms with Crippen LogP contribution in [0.5, 0.6) is 5.88 Å². The fourth-order valence-corrected chi connectivity index (χ4v) is 1.90. The molecule has 2 rings (SSSR count). The summed E-state index contributed by atoms with van der Waals surface area (Å²) < 4.78 is 5.68. The number of rotatable bonds is 6. The smallest absolute Gasteiger partial charge is 0.218 e. The maximum absolute atomic E-state index is 9.01. The quantitative estimate of drug-likeness (QED) is 0.881. The van der Waals surface area contributed by atoms with Crippen LogP contribution in [0.4, 0.5) is 0 Å². The van der Waals surface area contributed by atoms with Crippen LogP contribution in [0.2, 0.25) is 0 Å². The maximum Gasteiger partial charge on any atom is 0.218 e. The van der Waals surface area contributed by atoms with E-state index < -0.39 is 0 Å². The van der Waals surface area contributed by atoms with Crippen LogP contribution in [0.25, 0.3) is 0 Å². The Morgan fingerprint density at radius 2 is 1.81 bits per heavy atom. The summed E-state index contributed by atoms with van der Waals surface area (Å²) in [5.41, 5.74) is 2.33. The molecule has 0 aliphatic carbocycles. The van der Waals surface area contributed by atoms with Crippen LogP contribution in [-0.2, 0) is 13.1 Å². The lowest BCUT2D eigenvalue weighted by atomic mass is 10.2. The monoisotopic (exact) mass is 282 g/mol. The van der Waals surface area contributed by atoms with E-state index in [0.717, 1.165) is 11.1 Å². The van der Waals surface area contributed by atoms with Gasteiger partial charge in [-0.1, -0.05) is 12.1 Å². The largest absolute Gasteiger partial charge is 0.475 e. The average Bonchev–Trinajstić information content (AvgIpc) is 2.49. The Balaban J connectivity index is 1.99. The van der Waals surface area contributed by atoms with Gasteiger partial charge >= 0.3 is 0 Å². The van der Waals surface area contributed by atoms with E-state index in [1.165, 1.54) is 0 Å². The molecule has 108 valence electrons. The van der Waals surface area contributed by atoms with E-state index in [4.69, 9.17) is 10.00 Å². The molecule has 21 heavy (non-hydrogen) atoms. The summed E-state index contributed by atoms with van der Waals surface area (Å²) in [7, 11) is 0. The number of nitrogens with zero attached hydrogens (tertiary/aromatic N) is 3. The third kappa shape index (κ3) is 4.26. The lowest BCUT2D eigenvalue weighted by Gasteiger charge is -2.13. The van der Waals surface area contributed by atoms with Crippen molar-refractivity contribution < 1.29 is 4.74 Å². The topological polar surface area (TPSA) is 70.8 Å². The molecule has 2 heterocycles. The van der Waals surface area contributed by atoms with Crippen molar-refractivity contribution in [2.45, 2.75) is 33.0 Å².